The van der Waals surface area contributed by atoms with E-state index in [1.165, 1.54) is 9.58 Å². The lowest BCUT2D eigenvalue weighted by Crippen LogP contribution is -2.33. The van der Waals surface area contributed by atoms with E-state index in [1.807, 2.05) is 37.3 Å². The van der Waals surface area contributed by atoms with Gasteiger partial charge in [0.25, 0.3) is 5.91 Å². The Kier molecular flexibility index (Phi) is 3.93. The monoisotopic (exact) mass is 326 g/mol. The number of benzene rings is 1. The van der Waals surface area contributed by atoms with Crippen molar-refractivity contribution in [1.29, 1.82) is 5.26 Å². The number of hydrogen-bond acceptors (Lipinski definition) is 3. The van der Waals surface area contributed by atoms with Crippen molar-refractivity contribution in [1.82, 2.24) is 14.7 Å². The van der Waals surface area contributed by atoms with Gasteiger partial charge in [0.05, 0.1) is 16.8 Å². The molecule has 1 aromatic heterocycles. The minimum Gasteiger partial charge on any atom is -0.293 e. The minimum absolute atomic E-state index is 0.299. The summed E-state index contributed by atoms with van der Waals surface area (Å²) in [4.78, 5) is 14.3. The van der Waals surface area contributed by atoms with E-state index in [4.69, 9.17) is 11.6 Å². The predicted molar refractivity (Wildman–Crippen MR) is 87.6 cm³/mol. The second-order valence-electron chi connectivity index (χ2n) is 5.28. The van der Waals surface area contributed by atoms with E-state index < -0.39 is 6.04 Å². The standard InChI is InChI=1S/C17H15ClN4O/c1-3-13-15(18)16(21(2)20-13)17(23)22-9-8-11-6-4-5-7-12(11)14(22)10-19/h4-9,14H,3H2,1-2H3. The van der Waals surface area contributed by atoms with E-state index in [9.17, 15) is 10.1 Å². The fourth-order valence-corrected chi connectivity index (χ4v) is 3.13. The van der Waals surface area contributed by atoms with Gasteiger partial charge in [0, 0.05) is 13.2 Å². The van der Waals surface area contributed by atoms with E-state index >= 15 is 0 Å². The number of carbonyl (C=O) groups excluding carboxylic acids is 1. The Hall–Kier alpha value is -2.58. The van der Waals surface area contributed by atoms with Gasteiger partial charge in [-0.3, -0.25) is 14.4 Å². The van der Waals surface area contributed by atoms with E-state index in [0.29, 0.717) is 22.8 Å². The van der Waals surface area contributed by atoms with Gasteiger partial charge in [0.2, 0.25) is 0 Å². The topological polar surface area (TPSA) is 61.9 Å². The van der Waals surface area contributed by atoms with Crippen LogP contribution in [0.25, 0.3) is 6.08 Å². The van der Waals surface area contributed by atoms with Gasteiger partial charge in [-0.2, -0.15) is 10.4 Å². The van der Waals surface area contributed by atoms with Crippen LogP contribution in [-0.4, -0.2) is 20.6 Å². The maximum atomic E-state index is 12.9. The van der Waals surface area contributed by atoms with Gasteiger partial charge >= 0.3 is 0 Å². The van der Waals surface area contributed by atoms with Crippen LogP contribution in [0, 0.1) is 11.3 Å². The van der Waals surface area contributed by atoms with Crippen LogP contribution in [0.4, 0.5) is 0 Å². The van der Waals surface area contributed by atoms with Crippen LogP contribution in [0.3, 0.4) is 0 Å². The Labute approximate surface area is 139 Å². The summed E-state index contributed by atoms with van der Waals surface area (Å²) >= 11 is 6.30. The van der Waals surface area contributed by atoms with Gasteiger partial charge in [-0.05, 0) is 23.6 Å². The van der Waals surface area contributed by atoms with Crippen LogP contribution in [0.1, 0.15) is 40.3 Å². The molecule has 3 rings (SSSR count). The van der Waals surface area contributed by atoms with Crippen LogP contribution >= 0.6 is 11.6 Å². The predicted octanol–water partition coefficient (Wildman–Crippen LogP) is 3.33. The van der Waals surface area contributed by atoms with Gasteiger partial charge < -0.3 is 0 Å². The fraction of sp³-hybridized carbons (Fsp3) is 0.235. The molecule has 0 aliphatic carbocycles. The third-order valence-electron chi connectivity index (χ3n) is 3.93. The molecule has 1 aliphatic heterocycles. The molecule has 1 aromatic carbocycles. The molecule has 0 N–H and O–H groups in total. The van der Waals surface area contributed by atoms with Crippen molar-refractivity contribution in [3.05, 3.63) is 58.0 Å². The number of halogens is 1. The highest BCUT2D eigenvalue weighted by molar-refractivity contribution is 6.34. The van der Waals surface area contributed by atoms with Crippen LogP contribution in [0.15, 0.2) is 30.5 Å². The average molecular weight is 327 g/mol. The maximum Gasteiger partial charge on any atom is 0.279 e. The molecule has 0 saturated heterocycles. The van der Waals surface area contributed by atoms with Crippen molar-refractivity contribution >= 4 is 23.6 Å². The Balaban J connectivity index is 2.05. The normalized spacial score (nSPS) is 16.1. The molecule has 5 nitrogen and oxygen atoms in total. The van der Waals surface area contributed by atoms with Crippen molar-refractivity contribution in [3.63, 3.8) is 0 Å². The summed E-state index contributed by atoms with van der Waals surface area (Å²) in [5, 5.41) is 14.2. The first-order valence-electron chi connectivity index (χ1n) is 7.29. The number of rotatable bonds is 2. The molecule has 2 heterocycles. The van der Waals surface area contributed by atoms with Gasteiger partial charge in [-0.25, -0.2) is 0 Å². The number of aryl methyl sites for hydroxylation is 2. The molecular weight excluding hydrogens is 312 g/mol. The summed E-state index contributed by atoms with van der Waals surface area (Å²) < 4.78 is 1.48. The zero-order chi connectivity index (χ0) is 16.6. The van der Waals surface area contributed by atoms with E-state index in [-0.39, 0.29) is 5.91 Å². The fourth-order valence-electron chi connectivity index (χ4n) is 2.76. The second kappa shape index (κ2) is 5.90. The van der Waals surface area contributed by atoms with E-state index in [1.54, 1.807) is 13.2 Å². The zero-order valence-electron chi connectivity index (χ0n) is 12.8. The Morgan fingerprint density at radius 3 is 2.83 bits per heavy atom. The highest BCUT2D eigenvalue weighted by atomic mass is 35.5. The minimum atomic E-state index is -0.681. The molecule has 1 aliphatic rings. The summed E-state index contributed by atoms with van der Waals surface area (Å²) in [6.45, 7) is 1.93. The lowest BCUT2D eigenvalue weighted by Gasteiger charge is -2.28. The quantitative estimate of drug-likeness (QED) is 0.850. The summed E-state index contributed by atoms with van der Waals surface area (Å²) in [6.07, 6.45) is 4.10. The molecule has 1 amide bonds. The molecule has 116 valence electrons. The Morgan fingerprint density at radius 1 is 1.43 bits per heavy atom. The molecule has 1 unspecified atom stereocenters. The van der Waals surface area contributed by atoms with Gasteiger partial charge in [0.1, 0.15) is 11.7 Å². The Bertz CT molecular complexity index is 847. The first-order chi connectivity index (χ1) is 11.1. The highest BCUT2D eigenvalue weighted by Crippen LogP contribution is 2.32. The zero-order valence-corrected chi connectivity index (χ0v) is 13.6. The molecule has 6 heteroatoms. The Morgan fingerprint density at radius 2 is 2.17 bits per heavy atom. The lowest BCUT2D eigenvalue weighted by atomic mass is 9.97. The first kappa shape index (κ1) is 15.3. The number of nitriles is 1. The molecule has 0 spiro atoms. The first-order valence-corrected chi connectivity index (χ1v) is 7.67. The third kappa shape index (κ3) is 2.41. The van der Waals surface area contributed by atoms with Crippen LogP contribution in [-0.2, 0) is 13.5 Å². The molecule has 2 aromatic rings. The summed E-state index contributed by atoms with van der Waals surface area (Å²) in [5.41, 5.74) is 2.72. The summed E-state index contributed by atoms with van der Waals surface area (Å²) in [6, 6.07) is 9.06. The van der Waals surface area contributed by atoms with Crippen LogP contribution in [0.5, 0.6) is 0 Å². The van der Waals surface area contributed by atoms with Crippen molar-refractivity contribution in [3.8, 4) is 6.07 Å². The van der Waals surface area contributed by atoms with Crippen molar-refractivity contribution in [2.75, 3.05) is 0 Å². The summed E-state index contributed by atoms with van der Waals surface area (Å²) in [5.74, 6) is -0.331. The lowest BCUT2D eigenvalue weighted by molar-refractivity contribution is 0.0783. The van der Waals surface area contributed by atoms with E-state index in [0.717, 1.165) is 11.1 Å². The molecule has 1 atom stereocenters. The maximum absolute atomic E-state index is 12.9. The number of amides is 1. The van der Waals surface area contributed by atoms with Gasteiger partial charge in [-0.1, -0.05) is 42.8 Å². The molecule has 0 saturated carbocycles. The number of carbonyl (C=O) groups is 1. The second-order valence-corrected chi connectivity index (χ2v) is 5.65. The molecule has 0 bridgehead atoms. The van der Waals surface area contributed by atoms with Gasteiger partial charge in [0.15, 0.2) is 0 Å². The molecule has 0 fully saturated rings. The number of aromatic nitrogens is 2. The van der Waals surface area contributed by atoms with Crippen LogP contribution < -0.4 is 0 Å². The van der Waals surface area contributed by atoms with Crippen molar-refractivity contribution in [2.45, 2.75) is 19.4 Å². The molecule has 23 heavy (non-hydrogen) atoms. The third-order valence-corrected chi connectivity index (χ3v) is 4.33. The van der Waals surface area contributed by atoms with Crippen molar-refractivity contribution < 1.29 is 4.79 Å². The van der Waals surface area contributed by atoms with Crippen LogP contribution in [0.2, 0.25) is 5.02 Å². The summed E-state index contributed by atoms with van der Waals surface area (Å²) in [7, 11) is 1.68. The van der Waals surface area contributed by atoms with Gasteiger partial charge in [-0.15, -0.1) is 0 Å². The SMILES string of the molecule is CCc1nn(C)c(C(=O)N2C=Cc3ccccc3C2C#N)c1Cl. The average Bonchev–Trinajstić information content (AvgIpc) is 2.86. The van der Waals surface area contributed by atoms with Crippen molar-refractivity contribution in [2.24, 2.45) is 7.05 Å². The number of hydrogen-bond donors (Lipinski definition) is 0. The largest absolute Gasteiger partial charge is 0.293 e. The number of fused-ring (bicyclic) bond motifs is 1. The van der Waals surface area contributed by atoms with E-state index in [2.05, 4.69) is 11.2 Å². The smallest absolute Gasteiger partial charge is 0.279 e. The number of nitrogens with zero attached hydrogens (tertiary/aromatic N) is 4. The highest BCUT2D eigenvalue weighted by Gasteiger charge is 2.32. The molecule has 0 radical (unpaired) electrons. The molecular formula is C17H15ClN4O.